The smallest absolute Gasteiger partial charge is 0.351 e. The van der Waals surface area contributed by atoms with Crippen molar-refractivity contribution in [3.63, 3.8) is 0 Å². The summed E-state index contributed by atoms with van der Waals surface area (Å²) in [5, 5.41) is 0. The second-order valence-corrected chi connectivity index (χ2v) is 6.79. The average Bonchev–Trinajstić information content (AvgIpc) is 2.00. The van der Waals surface area contributed by atoms with E-state index in [9.17, 15) is 0 Å². The SMILES string of the molecule is C=C[Si](C)(OC)O[SiH2]OC. The van der Waals surface area contributed by atoms with Crippen LogP contribution in [0.25, 0.3) is 0 Å². The van der Waals surface area contributed by atoms with E-state index in [1.807, 2.05) is 6.55 Å². The Hall–Kier alpha value is 0.0538. The van der Waals surface area contributed by atoms with Crippen LogP contribution < -0.4 is 0 Å². The lowest BCUT2D eigenvalue weighted by atomic mass is 11.3. The third-order valence-corrected chi connectivity index (χ3v) is 5.79. The van der Waals surface area contributed by atoms with Gasteiger partial charge in [-0.25, -0.2) is 0 Å². The van der Waals surface area contributed by atoms with Gasteiger partial charge in [0.05, 0.1) is 0 Å². The lowest BCUT2D eigenvalue weighted by molar-refractivity contribution is 0.287. The fraction of sp³-hybridized carbons (Fsp3) is 0.600. The van der Waals surface area contributed by atoms with Crippen LogP contribution in [0.5, 0.6) is 0 Å². The lowest BCUT2D eigenvalue weighted by Crippen LogP contribution is -2.37. The van der Waals surface area contributed by atoms with E-state index in [2.05, 4.69) is 6.58 Å². The van der Waals surface area contributed by atoms with Gasteiger partial charge in [0.2, 0.25) is 0 Å². The van der Waals surface area contributed by atoms with E-state index in [0.29, 0.717) is 0 Å². The maximum Gasteiger partial charge on any atom is 0.351 e. The Morgan fingerprint density at radius 2 is 2.10 bits per heavy atom. The molecule has 0 spiro atoms. The molecule has 0 aromatic rings. The molecule has 0 bridgehead atoms. The van der Waals surface area contributed by atoms with Crippen molar-refractivity contribution in [2.45, 2.75) is 6.55 Å². The van der Waals surface area contributed by atoms with E-state index < -0.39 is 18.6 Å². The molecule has 1 atom stereocenters. The van der Waals surface area contributed by atoms with Gasteiger partial charge in [-0.15, -0.1) is 6.58 Å². The fourth-order valence-electron chi connectivity index (χ4n) is 0.377. The highest BCUT2D eigenvalue weighted by Crippen LogP contribution is 2.04. The Balaban J connectivity index is 3.68. The summed E-state index contributed by atoms with van der Waals surface area (Å²) in [7, 11) is 0.419. The van der Waals surface area contributed by atoms with Crippen LogP contribution in [0.3, 0.4) is 0 Å². The molecule has 0 amide bonds. The van der Waals surface area contributed by atoms with Crippen molar-refractivity contribution in [2.75, 3.05) is 14.2 Å². The first-order valence-corrected chi connectivity index (χ1v) is 6.55. The van der Waals surface area contributed by atoms with Gasteiger partial charge in [-0.2, -0.15) is 0 Å². The standard InChI is InChI=1S/C5H14O3Si2/c1-5-10(4,7-3)8-9-6-2/h5H,1,9H2,2-4H3. The van der Waals surface area contributed by atoms with E-state index in [1.165, 1.54) is 0 Å². The first kappa shape index (κ1) is 10.1. The third kappa shape index (κ3) is 3.28. The Labute approximate surface area is 65.3 Å². The van der Waals surface area contributed by atoms with Crippen molar-refractivity contribution in [3.8, 4) is 0 Å². The van der Waals surface area contributed by atoms with Gasteiger partial charge in [0.15, 0.2) is 0 Å². The Kier molecular flexibility index (Phi) is 4.83. The minimum Gasteiger partial charge on any atom is -0.416 e. The second kappa shape index (κ2) is 4.81. The zero-order valence-electron chi connectivity index (χ0n) is 6.72. The molecular formula is C5H14O3Si2. The second-order valence-electron chi connectivity index (χ2n) is 1.98. The Morgan fingerprint density at radius 3 is 2.40 bits per heavy atom. The predicted molar refractivity (Wildman–Crippen MR) is 45.5 cm³/mol. The van der Waals surface area contributed by atoms with Crippen LogP contribution in [0.15, 0.2) is 12.3 Å². The van der Waals surface area contributed by atoms with E-state index in [1.54, 1.807) is 19.9 Å². The van der Waals surface area contributed by atoms with E-state index in [4.69, 9.17) is 13.0 Å². The summed E-state index contributed by atoms with van der Waals surface area (Å²) in [6.45, 7) is 5.57. The van der Waals surface area contributed by atoms with Gasteiger partial charge in [-0.05, 0) is 6.55 Å². The summed E-state index contributed by atoms with van der Waals surface area (Å²) in [6.07, 6.45) is 0. The highest BCUT2D eigenvalue weighted by molar-refractivity contribution is 6.74. The molecule has 0 aliphatic rings. The van der Waals surface area contributed by atoms with Crippen molar-refractivity contribution in [2.24, 2.45) is 0 Å². The maximum atomic E-state index is 5.39. The van der Waals surface area contributed by atoms with E-state index in [0.717, 1.165) is 0 Å². The van der Waals surface area contributed by atoms with Crippen LogP contribution in [-0.2, 0) is 13.0 Å². The van der Waals surface area contributed by atoms with Crippen LogP contribution >= 0.6 is 0 Å². The van der Waals surface area contributed by atoms with Gasteiger partial charge < -0.3 is 13.0 Å². The largest absolute Gasteiger partial charge is 0.416 e. The quantitative estimate of drug-likeness (QED) is 0.559. The third-order valence-electron chi connectivity index (χ3n) is 1.24. The first-order chi connectivity index (χ1) is 4.68. The summed E-state index contributed by atoms with van der Waals surface area (Å²) in [5.74, 6) is 0. The summed E-state index contributed by atoms with van der Waals surface area (Å²) in [5.41, 5.74) is 1.75. The molecule has 5 heteroatoms. The lowest BCUT2D eigenvalue weighted by Gasteiger charge is -2.20. The number of hydrogen-bond donors (Lipinski definition) is 0. The van der Waals surface area contributed by atoms with Crippen molar-refractivity contribution in [3.05, 3.63) is 12.3 Å². The molecule has 0 N–H and O–H groups in total. The maximum absolute atomic E-state index is 5.39. The van der Waals surface area contributed by atoms with E-state index >= 15 is 0 Å². The van der Waals surface area contributed by atoms with Gasteiger partial charge >= 0.3 is 8.56 Å². The molecular weight excluding hydrogens is 164 g/mol. The molecule has 0 aliphatic heterocycles. The molecule has 60 valence electrons. The predicted octanol–water partition coefficient (Wildman–Crippen LogP) is 0.0918. The van der Waals surface area contributed by atoms with Crippen LogP contribution in [0.4, 0.5) is 0 Å². The van der Waals surface area contributed by atoms with Crippen molar-refractivity contribution < 1.29 is 13.0 Å². The zero-order valence-corrected chi connectivity index (χ0v) is 9.13. The van der Waals surface area contributed by atoms with Gasteiger partial charge in [0.25, 0.3) is 10.0 Å². The van der Waals surface area contributed by atoms with Gasteiger partial charge in [0.1, 0.15) is 0 Å². The summed E-state index contributed by atoms with van der Waals surface area (Å²) < 4.78 is 15.4. The summed E-state index contributed by atoms with van der Waals surface area (Å²) in [4.78, 5) is 0. The highest BCUT2D eigenvalue weighted by atomic mass is 28.4. The van der Waals surface area contributed by atoms with Gasteiger partial charge in [0, 0.05) is 14.2 Å². The molecule has 10 heavy (non-hydrogen) atoms. The first-order valence-electron chi connectivity index (χ1n) is 3.00. The summed E-state index contributed by atoms with van der Waals surface area (Å²) >= 11 is 0. The Bertz CT molecular complexity index is 109. The molecule has 0 aliphatic carbocycles. The molecule has 0 saturated heterocycles. The molecule has 0 rings (SSSR count). The zero-order chi connectivity index (χ0) is 8.04. The number of hydrogen-bond acceptors (Lipinski definition) is 3. The summed E-state index contributed by atoms with van der Waals surface area (Å²) in [6, 6.07) is 0. The van der Waals surface area contributed by atoms with Crippen molar-refractivity contribution in [1.82, 2.24) is 0 Å². The van der Waals surface area contributed by atoms with Gasteiger partial charge in [-0.3, -0.25) is 0 Å². The molecule has 0 fully saturated rings. The molecule has 0 aromatic carbocycles. The highest BCUT2D eigenvalue weighted by Gasteiger charge is 2.24. The molecule has 0 aromatic heterocycles. The normalized spacial score (nSPS) is 17.5. The van der Waals surface area contributed by atoms with Crippen molar-refractivity contribution >= 4 is 18.6 Å². The fourth-order valence-corrected chi connectivity index (χ4v) is 2.89. The monoisotopic (exact) mass is 178 g/mol. The van der Waals surface area contributed by atoms with Gasteiger partial charge in [-0.1, -0.05) is 5.70 Å². The molecule has 1 unspecified atom stereocenters. The van der Waals surface area contributed by atoms with Crippen molar-refractivity contribution in [1.29, 1.82) is 0 Å². The van der Waals surface area contributed by atoms with Crippen LogP contribution in [0, 0.1) is 0 Å². The Morgan fingerprint density at radius 1 is 1.50 bits per heavy atom. The molecule has 3 nitrogen and oxygen atoms in total. The molecule has 0 saturated carbocycles. The average molecular weight is 178 g/mol. The van der Waals surface area contributed by atoms with E-state index in [-0.39, 0.29) is 0 Å². The van der Waals surface area contributed by atoms with Crippen LogP contribution in [0.1, 0.15) is 0 Å². The minimum atomic E-state index is -2.02. The van der Waals surface area contributed by atoms with Crippen LogP contribution in [0.2, 0.25) is 6.55 Å². The number of rotatable bonds is 5. The minimum absolute atomic E-state index is 0.839. The topological polar surface area (TPSA) is 27.7 Å². The van der Waals surface area contributed by atoms with Crippen LogP contribution in [-0.4, -0.2) is 32.8 Å². The molecule has 0 heterocycles. The molecule has 0 radical (unpaired) electrons.